The van der Waals surface area contributed by atoms with Crippen molar-refractivity contribution in [1.82, 2.24) is 0 Å². The number of carboxylic acid groups (broad SMARTS) is 2. The Hall–Kier alpha value is -1.06. The van der Waals surface area contributed by atoms with Gasteiger partial charge in [0, 0.05) is 6.42 Å². The van der Waals surface area contributed by atoms with Crippen molar-refractivity contribution in [2.75, 3.05) is 0 Å². The Bertz CT molecular complexity index is 541. The van der Waals surface area contributed by atoms with Crippen molar-refractivity contribution in [3.8, 4) is 0 Å². The Morgan fingerprint density at radius 1 is 0.595 bits per heavy atom. The first-order valence-corrected chi connectivity index (χ1v) is 16.2. The highest BCUT2D eigenvalue weighted by Gasteiger charge is 2.45. The first-order valence-electron chi connectivity index (χ1n) is 16.2. The first-order chi connectivity index (χ1) is 17.8. The van der Waals surface area contributed by atoms with Crippen LogP contribution in [0.3, 0.4) is 0 Å². The molecule has 0 spiro atoms. The molecule has 0 radical (unpaired) electrons. The summed E-state index contributed by atoms with van der Waals surface area (Å²) in [6.07, 6.45) is 23.9. The molecule has 3 unspecified atom stereocenters. The number of unbranched alkanes of at least 4 members (excludes halogenated alkanes) is 11. The summed E-state index contributed by atoms with van der Waals surface area (Å²) in [4.78, 5) is 23.6. The van der Waals surface area contributed by atoms with E-state index >= 15 is 0 Å². The molecule has 0 aliphatic carbocycles. The van der Waals surface area contributed by atoms with E-state index in [1.165, 1.54) is 77.0 Å². The second-order valence-corrected chi connectivity index (χ2v) is 12.1. The fraction of sp³-hybridized carbons (Fsp3) is 0.939. The maximum absolute atomic E-state index is 13.0. The molecule has 0 heterocycles. The fourth-order valence-corrected chi connectivity index (χ4v) is 6.21. The van der Waals surface area contributed by atoms with Crippen LogP contribution in [0.1, 0.15) is 176 Å². The van der Waals surface area contributed by atoms with Crippen LogP contribution < -0.4 is 0 Å². The molecule has 220 valence electrons. The third-order valence-electron chi connectivity index (χ3n) is 9.04. The maximum Gasteiger partial charge on any atom is 0.309 e. The molecular weight excluding hydrogens is 460 g/mol. The number of carboxylic acids is 2. The molecule has 0 aliphatic rings. The standard InChI is InChI=1S/C33H64O4/c1-6-10-23-29(8-3)26-33(32(36)37,27-30(9-4)24-11-7-2)28(5)22-20-18-16-14-12-13-15-17-19-21-25-31(34)35/h28-30H,6-27H2,1-5H3,(H,34,35)(H,36,37). The van der Waals surface area contributed by atoms with Crippen LogP contribution in [-0.4, -0.2) is 22.2 Å². The minimum atomic E-state index is -0.682. The van der Waals surface area contributed by atoms with Crippen molar-refractivity contribution in [2.45, 2.75) is 176 Å². The molecule has 0 aromatic heterocycles. The molecule has 0 fully saturated rings. The highest BCUT2D eigenvalue weighted by molar-refractivity contribution is 5.75. The van der Waals surface area contributed by atoms with Crippen molar-refractivity contribution in [3.63, 3.8) is 0 Å². The zero-order chi connectivity index (χ0) is 27.9. The van der Waals surface area contributed by atoms with Gasteiger partial charge in [0.15, 0.2) is 0 Å². The third-order valence-corrected chi connectivity index (χ3v) is 9.04. The summed E-state index contributed by atoms with van der Waals surface area (Å²) in [6.45, 7) is 11.2. The lowest BCUT2D eigenvalue weighted by Gasteiger charge is -2.40. The van der Waals surface area contributed by atoms with E-state index in [4.69, 9.17) is 5.11 Å². The van der Waals surface area contributed by atoms with Crippen molar-refractivity contribution in [2.24, 2.45) is 23.2 Å². The van der Waals surface area contributed by atoms with E-state index in [1.54, 1.807) is 0 Å². The SMILES string of the molecule is CCCCC(CC)CC(CC(CC)CCCC)(C(=O)O)C(C)CCCCCCCCCCCCC(=O)O. The Kier molecular flexibility index (Phi) is 22.2. The minimum Gasteiger partial charge on any atom is -0.481 e. The van der Waals surface area contributed by atoms with E-state index in [-0.39, 0.29) is 5.92 Å². The topological polar surface area (TPSA) is 74.6 Å². The van der Waals surface area contributed by atoms with Crippen LogP contribution in [0, 0.1) is 23.2 Å². The van der Waals surface area contributed by atoms with E-state index in [0.29, 0.717) is 18.3 Å². The summed E-state index contributed by atoms with van der Waals surface area (Å²) in [5, 5.41) is 19.4. The quantitative estimate of drug-likeness (QED) is 0.105. The summed E-state index contributed by atoms with van der Waals surface area (Å²) in [7, 11) is 0. The Balaban J connectivity index is 4.81. The lowest BCUT2D eigenvalue weighted by molar-refractivity contribution is -0.156. The van der Waals surface area contributed by atoms with E-state index < -0.39 is 17.4 Å². The van der Waals surface area contributed by atoms with Gasteiger partial charge in [0.1, 0.15) is 0 Å². The third kappa shape index (κ3) is 16.5. The Morgan fingerprint density at radius 3 is 1.35 bits per heavy atom. The lowest BCUT2D eigenvalue weighted by atomic mass is 9.63. The predicted molar refractivity (Wildman–Crippen MR) is 158 cm³/mol. The van der Waals surface area contributed by atoms with E-state index in [0.717, 1.165) is 57.8 Å². The van der Waals surface area contributed by atoms with Crippen LogP contribution in [0.15, 0.2) is 0 Å². The van der Waals surface area contributed by atoms with Gasteiger partial charge in [-0.25, -0.2) is 0 Å². The van der Waals surface area contributed by atoms with E-state index in [2.05, 4.69) is 34.6 Å². The van der Waals surface area contributed by atoms with Gasteiger partial charge >= 0.3 is 11.9 Å². The van der Waals surface area contributed by atoms with E-state index in [1.807, 2.05) is 0 Å². The summed E-state index contributed by atoms with van der Waals surface area (Å²) >= 11 is 0. The normalized spacial score (nSPS) is 15.7. The summed E-state index contributed by atoms with van der Waals surface area (Å²) in [6, 6.07) is 0. The van der Waals surface area contributed by atoms with Gasteiger partial charge in [-0.2, -0.15) is 0 Å². The largest absolute Gasteiger partial charge is 0.481 e. The van der Waals surface area contributed by atoms with Gasteiger partial charge in [-0.3, -0.25) is 9.59 Å². The van der Waals surface area contributed by atoms with Gasteiger partial charge in [-0.05, 0) is 43.4 Å². The Morgan fingerprint density at radius 2 is 1.00 bits per heavy atom. The maximum atomic E-state index is 13.0. The number of rotatable bonds is 27. The smallest absolute Gasteiger partial charge is 0.309 e. The van der Waals surface area contributed by atoms with Crippen LogP contribution >= 0.6 is 0 Å². The number of carbonyl (C=O) groups is 2. The van der Waals surface area contributed by atoms with Gasteiger partial charge in [0.2, 0.25) is 0 Å². The number of hydrogen-bond donors (Lipinski definition) is 2. The molecule has 37 heavy (non-hydrogen) atoms. The van der Waals surface area contributed by atoms with E-state index in [9.17, 15) is 14.7 Å². The molecule has 2 N–H and O–H groups in total. The highest BCUT2D eigenvalue weighted by atomic mass is 16.4. The molecule has 0 bridgehead atoms. The summed E-state index contributed by atoms with van der Waals surface area (Å²) < 4.78 is 0. The number of aliphatic carboxylic acids is 2. The molecule has 0 aromatic carbocycles. The monoisotopic (exact) mass is 524 g/mol. The van der Waals surface area contributed by atoms with Crippen molar-refractivity contribution >= 4 is 11.9 Å². The van der Waals surface area contributed by atoms with Gasteiger partial charge in [-0.1, -0.05) is 144 Å². The fourth-order valence-electron chi connectivity index (χ4n) is 6.21. The summed E-state index contributed by atoms with van der Waals surface area (Å²) in [5.74, 6) is 0.0475. The number of hydrogen-bond acceptors (Lipinski definition) is 2. The molecule has 0 rings (SSSR count). The molecule has 0 amide bonds. The van der Waals surface area contributed by atoms with Crippen molar-refractivity contribution < 1.29 is 19.8 Å². The molecule has 0 saturated heterocycles. The molecular formula is C33H64O4. The lowest BCUT2D eigenvalue weighted by Crippen LogP contribution is -2.41. The molecule has 0 aliphatic heterocycles. The second-order valence-electron chi connectivity index (χ2n) is 12.1. The second kappa shape index (κ2) is 22.9. The van der Waals surface area contributed by atoms with Gasteiger partial charge < -0.3 is 10.2 Å². The van der Waals surface area contributed by atoms with Crippen LogP contribution in [0.2, 0.25) is 0 Å². The van der Waals surface area contributed by atoms with Crippen LogP contribution in [0.4, 0.5) is 0 Å². The van der Waals surface area contributed by atoms with Crippen molar-refractivity contribution in [3.05, 3.63) is 0 Å². The predicted octanol–water partition coefficient (Wildman–Crippen LogP) is 10.7. The zero-order valence-corrected chi connectivity index (χ0v) is 25.5. The van der Waals surface area contributed by atoms with Crippen LogP contribution in [0.25, 0.3) is 0 Å². The van der Waals surface area contributed by atoms with Gasteiger partial charge in [0.05, 0.1) is 5.41 Å². The molecule has 0 saturated carbocycles. The van der Waals surface area contributed by atoms with Crippen molar-refractivity contribution in [1.29, 1.82) is 0 Å². The van der Waals surface area contributed by atoms with Gasteiger partial charge in [-0.15, -0.1) is 0 Å². The highest BCUT2D eigenvalue weighted by Crippen LogP contribution is 2.46. The zero-order valence-electron chi connectivity index (χ0n) is 25.5. The first kappa shape index (κ1) is 35.9. The average molecular weight is 525 g/mol. The van der Waals surface area contributed by atoms with Crippen LogP contribution in [-0.2, 0) is 9.59 Å². The molecule has 4 nitrogen and oxygen atoms in total. The summed E-state index contributed by atoms with van der Waals surface area (Å²) in [5.41, 5.74) is -0.580. The molecule has 3 atom stereocenters. The average Bonchev–Trinajstić information content (AvgIpc) is 2.87. The van der Waals surface area contributed by atoms with Gasteiger partial charge in [0.25, 0.3) is 0 Å². The minimum absolute atomic E-state index is 0.224. The van der Waals surface area contributed by atoms with Crippen LogP contribution in [0.5, 0.6) is 0 Å². The molecule has 4 heteroatoms. The Labute approximate surface area is 230 Å². The molecule has 0 aromatic rings.